The Kier molecular flexibility index (Phi) is 29.1. The first-order chi connectivity index (χ1) is 22.6. The van der Waals surface area contributed by atoms with Crippen LogP contribution in [0.25, 0.3) is 0 Å². The lowest BCUT2D eigenvalue weighted by molar-refractivity contribution is -0.121. The number of carbonyl (C=O) groups is 1. The summed E-state index contributed by atoms with van der Waals surface area (Å²) < 4.78 is 0. The minimum atomic E-state index is -0.0412. The molecule has 1 heterocycles. The maximum atomic E-state index is 12.6. The lowest BCUT2D eigenvalue weighted by Crippen LogP contribution is -2.27. The van der Waals surface area contributed by atoms with E-state index in [9.17, 15) is 4.79 Å². The number of allylic oxidation sites excluding steroid dienone is 4. The van der Waals surface area contributed by atoms with Crippen LogP contribution in [-0.2, 0) is 11.2 Å². The number of hydrogen-bond donors (Lipinski definition) is 2. The fourth-order valence-electron chi connectivity index (χ4n) is 6.36. The van der Waals surface area contributed by atoms with Crippen molar-refractivity contribution in [1.29, 1.82) is 0 Å². The van der Waals surface area contributed by atoms with E-state index in [0.29, 0.717) is 6.42 Å². The van der Waals surface area contributed by atoms with Crippen LogP contribution in [0, 0.1) is 6.92 Å². The minimum absolute atomic E-state index is 0.0412. The van der Waals surface area contributed by atoms with Gasteiger partial charge in [0.15, 0.2) is 0 Å². The normalized spacial score (nSPS) is 12.5. The Morgan fingerprint density at radius 1 is 0.609 bits per heavy atom. The summed E-state index contributed by atoms with van der Waals surface area (Å²) in [5.41, 5.74) is 2.09. The van der Waals surface area contributed by atoms with E-state index >= 15 is 0 Å². The third-order valence-electron chi connectivity index (χ3n) is 9.35. The van der Waals surface area contributed by atoms with E-state index < -0.39 is 0 Å². The number of carbonyl (C=O) groups excluding carboxylic acids is 1. The average Bonchev–Trinajstić information content (AvgIpc) is 3.42. The zero-order valence-electron chi connectivity index (χ0n) is 31.2. The first-order valence-electron chi connectivity index (χ1n) is 20.2. The van der Waals surface area contributed by atoms with E-state index in [0.717, 1.165) is 36.5 Å². The van der Waals surface area contributed by atoms with Crippen molar-refractivity contribution >= 4 is 5.91 Å². The molecule has 1 unspecified atom stereocenters. The first-order valence-corrected chi connectivity index (χ1v) is 20.2. The molecule has 0 spiro atoms. The van der Waals surface area contributed by atoms with E-state index in [1.165, 1.54) is 161 Å². The van der Waals surface area contributed by atoms with Gasteiger partial charge in [-0.25, -0.2) is 4.98 Å². The second kappa shape index (κ2) is 31.7. The van der Waals surface area contributed by atoms with Gasteiger partial charge in [0.25, 0.3) is 0 Å². The van der Waals surface area contributed by atoms with Gasteiger partial charge in [0.2, 0.25) is 5.91 Å². The average molecular weight is 640 g/mol. The number of hydrogen-bond acceptors (Lipinski definition) is 2. The number of imidazole rings is 1. The molecule has 1 rings (SSSR count). The van der Waals surface area contributed by atoms with Crippen molar-refractivity contribution in [2.75, 3.05) is 0 Å². The zero-order chi connectivity index (χ0) is 33.3. The Morgan fingerprint density at radius 3 is 1.46 bits per heavy atom. The number of amides is 1. The number of rotatable bonds is 33. The molecule has 46 heavy (non-hydrogen) atoms. The van der Waals surface area contributed by atoms with Crippen LogP contribution in [0.3, 0.4) is 0 Å². The van der Waals surface area contributed by atoms with Gasteiger partial charge in [0, 0.05) is 18.5 Å². The van der Waals surface area contributed by atoms with Crippen molar-refractivity contribution in [1.82, 2.24) is 15.3 Å². The summed E-state index contributed by atoms with van der Waals surface area (Å²) in [6.07, 6.45) is 46.4. The smallest absolute Gasteiger partial charge is 0.220 e. The highest BCUT2D eigenvalue weighted by Gasteiger charge is 2.16. The predicted octanol–water partition coefficient (Wildman–Crippen LogP) is 13.5. The molecule has 0 aromatic carbocycles. The van der Waals surface area contributed by atoms with Crippen LogP contribution < -0.4 is 5.32 Å². The molecule has 0 saturated carbocycles. The molecule has 1 aromatic heterocycles. The number of aromatic nitrogens is 2. The van der Waals surface area contributed by atoms with Gasteiger partial charge >= 0.3 is 0 Å². The summed E-state index contributed by atoms with van der Waals surface area (Å²) in [7, 11) is 0. The number of nitrogens with one attached hydrogen (secondary N) is 2. The highest BCUT2D eigenvalue weighted by molar-refractivity contribution is 5.76. The lowest BCUT2D eigenvalue weighted by atomic mass is 10.1. The molecule has 0 aliphatic rings. The molecule has 0 aliphatic carbocycles. The largest absolute Gasteiger partial charge is 0.348 e. The predicted molar refractivity (Wildman–Crippen MR) is 202 cm³/mol. The molecular formula is C42H77N3O. The van der Waals surface area contributed by atoms with Crippen molar-refractivity contribution in [2.45, 2.75) is 220 Å². The Hall–Kier alpha value is -1.84. The molecule has 0 aliphatic heterocycles. The summed E-state index contributed by atoms with van der Waals surface area (Å²) in [5.74, 6) is 1.23. The van der Waals surface area contributed by atoms with Gasteiger partial charge in [-0.05, 0) is 78.1 Å². The minimum Gasteiger partial charge on any atom is -0.348 e. The Labute approximate surface area is 286 Å². The number of aromatic amines is 1. The summed E-state index contributed by atoms with van der Waals surface area (Å²) in [6.45, 7) is 8.71. The standard InChI is InChI=1S/C42H77N3O/c1-5-7-9-11-13-15-17-19-21-23-24-26-28-30-32-34-36-40-43-38(3)42(45-40)39(4)44-41(46)37-35-33-31-29-27-25-22-20-18-16-14-12-10-8-6-2/h19-22,39H,5-18,23-37H2,1-4H3,(H,43,45)(H,44,46)/b21-19-,22-20-. The van der Waals surface area contributed by atoms with Crippen LogP contribution in [0.2, 0.25) is 0 Å². The van der Waals surface area contributed by atoms with E-state index in [1.54, 1.807) is 0 Å². The summed E-state index contributed by atoms with van der Waals surface area (Å²) in [5, 5.41) is 3.19. The van der Waals surface area contributed by atoms with Crippen LogP contribution in [0.5, 0.6) is 0 Å². The molecule has 4 nitrogen and oxygen atoms in total. The third kappa shape index (κ3) is 25.3. The molecule has 0 radical (unpaired) electrons. The Balaban J connectivity index is 2.01. The molecule has 0 bridgehead atoms. The Bertz CT molecular complexity index is 870. The zero-order valence-corrected chi connectivity index (χ0v) is 31.2. The summed E-state index contributed by atoms with van der Waals surface area (Å²) in [6, 6.07) is -0.0412. The van der Waals surface area contributed by atoms with Crippen molar-refractivity contribution in [3.05, 3.63) is 41.5 Å². The number of H-pyrrole nitrogens is 1. The lowest BCUT2D eigenvalue weighted by Gasteiger charge is -2.12. The number of unbranched alkanes of at least 4 members (excludes halogenated alkanes) is 23. The van der Waals surface area contributed by atoms with Crippen molar-refractivity contribution in [3.8, 4) is 0 Å². The summed E-state index contributed by atoms with van der Waals surface area (Å²) >= 11 is 0. The van der Waals surface area contributed by atoms with Crippen LogP contribution >= 0.6 is 0 Å². The van der Waals surface area contributed by atoms with Crippen LogP contribution in [0.15, 0.2) is 24.3 Å². The summed E-state index contributed by atoms with van der Waals surface area (Å²) in [4.78, 5) is 20.9. The molecule has 1 aromatic rings. The van der Waals surface area contributed by atoms with Crippen molar-refractivity contribution in [2.24, 2.45) is 0 Å². The third-order valence-corrected chi connectivity index (χ3v) is 9.35. The van der Waals surface area contributed by atoms with E-state index in [4.69, 9.17) is 4.98 Å². The van der Waals surface area contributed by atoms with Gasteiger partial charge in [-0.3, -0.25) is 4.79 Å². The van der Waals surface area contributed by atoms with Crippen LogP contribution in [0.1, 0.15) is 224 Å². The maximum Gasteiger partial charge on any atom is 0.220 e. The number of aryl methyl sites for hydroxylation is 2. The molecule has 1 amide bonds. The SMILES string of the molecule is CCCCCCCC/C=C\CCCCCCCCc1nc(C(C)NC(=O)CCCCCCC/C=C\CCCCCCCC)c(C)[nH]1. The van der Waals surface area contributed by atoms with Crippen molar-refractivity contribution < 1.29 is 4.79 Å². The second-order valence-electron chi connectivity index (χ2n) is 14.0. The second-order valence-corrected chi connectivity index (χ2v) is 14.0. The van der Waals surface area contributed by atoms with Gasteiger partial charge < -0.3 is 10.3 Å². The highest BCUT2D eigenvalue weighted by Crippen LogP contribution is 2.18. The molecule has 4 heteroatoms. The molecule has 2 N–H and O–H groups in total. The number of nitrogens with zero attached hydrogens (tertiary/aromatic N) is 1. The van der Waals surface area contributed by atoms with E-state index in [-0.39, 0.29) is 11.9 Å². The van der Waals surface area contributed by atoms with Crippen LogP contribution in [-0.4, -0.2) is 15.9 Å². The van der Waals surface area contributed by atoms with Crippen molar-refractivity contribution in [3.63, 3.8) is 0 Å². The quantitative estimate of drug-likeness (QED) is 0.0594. The van der Waals surface area contributed by atoms with Gasteiger partial charge in [-0.1, -0.05) is 147 Å². The fraction of sp³-hybridized carbons (Fsp3) is 0.810. The van der Waals surface area contributed by atoms with Gasteiger partial charge in [0.1, 0.15) is 5.82 Å². The Morgan fingerprint density at radius 2 is 1.00 bits per heavy atom. The molecule has 0 fully saturated rings. The topological polar surface area (TPSA) is 57.8 Å². The van der Waals surface area contributed by atoms with E-state index in [2.05, 4.69) is 62.3 Å². The maximum absolute atomic E-state index is 12.6. The molecule has 1 atom stereocenters. The fourth-order valence-corrected chi connectivity index (χ4v) is 6.36. The van der Waals surface area contributed by atoms with Crippen LogP contribution in [0.4, 0.5) is 0 Å². The van der Waals surface area contributed by atoms with E-state index in [1.807, 2.05) is 0 Å². The first kappa shape index (κ1) is 42.2. The highest BCUT2D eigenvalue weighted by atomic mass is 16.1. The van der Waals surface area contributed by atoms with Gasteiger partial charge in [-0.2, -0.15) is 0 Å². The van der Waals surface area contributed by atoms with Gasteiger partial charge in [-0.15, -0.1) is 0 Å². The molecule has 266 valence electrons. The molecule has 0 saturated heterocycles. The molecular weight excluding hydrogens is 562 g/mol. The monoisotopic (exact) mass is 640 g/mol. The van der Waals surface area contributed by atoms with Gasteiger partial charge in [0.05, 0.1) is 11.7 Å².